The van der Waals surface area contributed by atoms with Gasteiger partial charge in [0.1, 0.15) is 12.1 Å². The van der Waals surface area contributed by atoms with Crippen LogP contribution in [-0.2, 0) is 16.0 Å². The van der Waals surface area contributed by atoms with E-state index in [2.05, 4.69) is 27.2 Å². The van der Waals surface area contributed by atoms with Crippen molar-refractivity contribution in [3.63, 3.8) is 0 Å². The molecule has 1 aromatic heterocycles. The molecular weight excluding hydrogens is 318 g/mol. The lowest BCUT2D eigenvalue weighted by Gasteiger charge is -2.33. The van der Waals surface area contributed by atoms with Gasteiger partial charge < -0.3 is 15.5 Å². The smallest absolute Gasteiger partial charge is 0.251 e. The van der Waals surface area contributed by atoms with Crippen LogP contribution in [0.15, 0.2) is 25.1 Å². The van der Waals surface area contributed by atoms with Gasteiger partial charge in [0.15, 0.2) is 0 Å². The lowest BCUT2D eigenvalue weighted by molar-refractivity contribution is -0.127. The number of allylic oxidation sites excluding steroid dienone is 1. The van der Waals surface area contributed by atoms with Crippen LogP contribution in [-0.4, -0.2) is 52.4 Å². The maximum atomic E-state index is 12.3. The second kappa shape index (κ2) is 7.46. The topological polar surface area (TPSA) is 87.2 Å². The molecule has 2 amide bonds. The van der Waals surface area contributed by atoms with Crippen LogP contribution in [0.2, 0.25) is 0 Å². The monoisotopic (exact) mass is 341 g/mol. The SMILES string of the molecule is C=CC(=O)N1CCC[C@@H](Nc2ncnc3c2C(C(=O)NCC)=CC3)C1. The molecule has 0 unspecified atom stereocenters. The molecule has 1 fully saturated rings. The minimum Gasteiger partial charge on any atom is -0.365 e. The van der Waals surface area contributed by atoms with E-state index in [-0.39, 0.29) is 17.9 Å². The molecule has 1 saturated heterocycles. The Labute approximate surface area is 147 Å². The van der Waals surface area contributed by atoms with E-state index in [1.807, 2.05) is 13.0 Å². The van der Waals surface area contributed by atoms with Crippen LogP contribution in [0.25, 0.3) is 5.57 Å². The first kappa shape index (κ1) is 17.1. The molecule has 2 heterocycles. The molecule has 1 atom stereocenters. The number of hydrogen-bond donors (Lipinski definition) is 2. The van der Waals surface area contributed by atoms with Gasteiger partial charge in [0.25, 0.3) is 5.91 Å². The predicted octanol–water partition coefficient (Wildman–Crippen LogP) is 1.14. The zero-order valence-corrected chi connectivity index (χ0v) is 14.4. The Bertz CT molecular complexity index is 728. The normalized spacial score (nSPS) is 19.0. The van der Waals surface area contributed by atoms with Gasteiger partial charge >= 0.3 is 0 Å². The van der Waals surface area contributed by atoms with Crippen LogP contribution in [0.1, 0.15) is 31.0 Å². The number of piperidine rings is 1. The van der Waals surface area contributed by atoms with E-state index in [1.54, 1.807) is 4.90 Å². The van der Waals surface area contributed by atoms with Crippen molar-refractivity contribution in [3.8, 4) is 0 Å². The number of rotatable bonds is 5. The first-order valence-electron chi connectivity index (χ1n) is 8.64. The summed E-state index contributed by atoms with van der Waals surface area (Å²) in [5, 5.41) is 6.25. The first-order valence-corrected chi connectivity index (χ1v) is 8.64. The molecule has 2 aliphatic rings. The van der Waals surface area contributed by atoms with Gasteiger partial charge in [0.05, 0.1) is 11.3 Å². The van der Waals surface area contributed by atoms with Crippen LogP contribution >= 0.6 is 0 Å². The average Bonchev–Trinajstić information content (AvgIpc) is 3.07. The van der Waals surface area contributed by atoms with Crippen molar-refractivity contribution in [3.05, 3.63) is 36.3 Å². The largest absolute Gasteiger partial charge is 0.365 e. The quantitative estimate of drug-likeness (QED) is 0.784. The highest BCUT2D eigenvalue weighted by Gasteiger charge is 2.28. The van der Waals surface area contributed by atoms with Crippen molar-refractivity contribution in [2.45, 2.75) is 32.2 Å². The summed E-state index contributed by atoms with van der Waals surface area (Å²) in [7, 11) is 0. The summed E-state index contributed by atoms with van der Waals surface area (Å²) >= 11 is 0. The molecule has 25 heavy (non-hydrogen) atoms. The van der Waals surface area contributed by atoms with E-state index in [1.165, 1.54) is 12.4 Å². The highest BCUT2D eigenvalue weighted by Crippen LogP contribution is 2.32. The predicted molar refractivity (Wildman–Crippen MR) is 95.8 cm³/mol. The highest BCUT2D eigenvalue weighted by atomic mass is 16.2. The molecule has 0 spiro atoms. The fourth-order valence-electron chi connectivity index (χ4n) is 3.35. The molecule has 0 saturated carbocycles. The zero-order valence-electron chi connectivity index (χ0n) is 14.4. The molecule has 2 N–H and O–H groups in total. The van der Waals surface area contributed by atoms with Gasteiger partial charge in [-0.3, -0.25) is 9.59 Å². The minimum atomic E-state index is -0.105. The number of carbonyl (C=O) groups is 2. The molecule has 0 aromatic carbocycles. The summed E-state index contributed by atoms with van der Waals surface area (Å²) in [5.74, 6) is 0.506. The number of anilines is 1. The maximum Gasteiger partial charge on any atom is 0.251 e. The third-order valence-electron chi connectivity index (χ3n) is 4.53. The Hall–Kier alpha value is -2.70. The minimum absolute atomic E-state index is 0.0534. The summed E-state index contributed by atoms with van der Waals surface area (Å²) in [6.07, 6.45) is 7.25. The Kier molecular flexibility index (Phi) is 5.11. The van der Waals surface area contributed by atoms with Crippen LogP contribution in [0.5, 0.6) is 0 Å². The lowest BCUT2D eigenvalue weighted by Crippen LogP contribution is -2.44. The van der Waals surface area contributed by atoms with Gasteiger partial charge in [-0.25, -0.2) is 9.97 Å². The van der Waals surface area contributed by atoms with Crippen molar-refractivity contribution in [2.75, 3.05) is 25.0 Å². The van der Waals surface area contributed by atoms with E-state index >= 15 is 0 Å². The zero-order chi connectivity index (χ0) is 17.8. The number of carbonyl (C=O) groups excluding carboxylic acids is 2. The second-order valence-electron chi connectivity index (χ2n) is 6.20. The number of likely N-dealkylation sites (tertiary alicyclic amines) is 1. The summed E-state index contributed by atoms with van der Waals surface area (Å²) in [5.41, 5.74) is 2.25. The van der Waals surface area contributed by atoms with Crippen LogP contribution in [0.4, 0.5) is 5.82 Å². The molecule has 7 nitrogen and oxygen atoms in total. The second-order valence-corrected chi connectivity index (χ2v) is 6.20. The molecule has 1 aliphatic carbocycles. The molecule has 1 aromatic rings. The first-order chi connectivity index (χ1) is 12.1. The van der Waals surface area contributed by atoms with E-state index in [0.717, 1.165) is 30.6 Å². The van der Waals surface area contributed by atoms with Crippen molar-refractivity contribution in [1.82, 2.24) is 20.2 Å². The number of fused-ring (bicyclic) bond motifs is 1. The van der Waals surface area contributed by atoms with Crippen LogP contribution < -0.4 is 10.6 Å². The van der Waals surface area contributed by atoms with Gasteiger partial charge in [-0.15, -0.1) is 0 Å². The van der Waals surface area contributed by atoms with E-state index < -0.39 is 0 Å². The molecule has 0 radical (unpaired) electrons. The summed E-state index contributed by atoms with van der Waals surface area (Å²) in [4.78, 5) is 34.6. The van der Waals surface area contributed by atoms with Gasteiger partial charge in [-0.05, 0) is 25.8 Å². The van der Waals surface area contributed by atoms with Crippen molar-refractivity contribution in [1.29, 1.82) is 0 Å². The molecule has 3 rings (SSSR count). The highest BCUT2D eigenvalue weighted by molar-refractivity contribution is 6.22. The molecule has 132 valence electrons. The number of aromatic nitrogens is 2. The third kappa shape index (κ3) is 3.55. The number of amides is 2. The third-order valence-corrected chi connectivity index (χ3v) is 4.53. The molecule has 7 heteroatoms. The average molecular weight is 341 g/mol. The standard InChI is InChI=1S/C18H23N5O2/c1-3-15(24)23-9-5-6-12(10-23)22-17-16-13(18(25)19-4-2)7-8-14(16)20-11-21-17/h3,7,11-12H,1,4-6,8-10H2,2H3,(H,19,25)(H,20,21,22)/t12-/m1/s1. The maximum absolute atomic E-state index is 12.3. The number of nitrogens with one attached hydrogen (secondary N) is 2. The summed E-state index contributed by atoms with van der Waals surface area (Å²) < 4.78 is 0. The van der Waals surface area contributed by atoms with Gasteiger partial charge in [0.2, 0.25) is 5.91 Å². The van der Waals surface area contributed by atoms with Gasteiger partial charge in [-0.2, -0.15) is 0 Å². The van der Waals surface area contributed by atoms with Crippen molar-refractivity contribution in [2.24, 2.45) is 0 Å². The lowest BCUT2D eigenvalue weighted by atomic mass is 10.0. The molecule has 0 bridgehead atoms. The number of likely N-dealkylation sites (N-methyl/N-ethyl adjacent to an activating group) is 1. The Morgan fingerprint density at radius 3 is 3.04 bits per heavy atom. The van der Waals surface area contributed by atoms with Crippen LogP contribution in [0.3, 0.4) is 0 Å². The Morgan fingerprint density at radius 2 is 2.28 bits per heavy atom. The number of hydrogen-bond acceptors (Lipinski definition) is 5. The molecule has 1 aliphatic heterocycles. The van der Waals surface area contributed by atoms with E-state index in [0.29, 0.717) is 30.9 Å². The van der Waals surface area contributed by atoms with Crippen LogP contribution in [0, 0.1) is 0 Å². The van der Waals surface area contributed by atoms with Crippen molar-refractivity contribution >= 4 is 23.2 Å². The summed E-state index contributed by atoms with van der Waals surface area (Å²) in [6.45, 7) is 7.36. The Balaban J connectivity index is 1.79. The number of nitrogens with zero attached hydrogens (tertiary/aromatic N) is 3. The van der Waals surface area contributed by atoms with Gasteiger partial charge in [0, 0.05) is 37.7 Å². The van der Waals surface area contributed by atoms with E-state index in [9.17, 15) is 9.59 Å². The Morgan fingerprint density at radius 1 is 1.44 bits per heavy atom. The van der Waals surface area contributed by atoms with Gasteiger partial charge in [-0.1, -0.05) is 12.7 Å². The summed E-state index contributed by atoms with van der Waals surface area (Å²) in [6, 6.07) is 0.0905. The fraction of sp³-hybridized carbons (Fsp3) is 0.444. The molecular formula is C18H23N5O2. The fourth-order valence-corrected chi connectivity index (χ4v) is 3.35. The van der Waals surface area contributed by atoms with Crippen molar-refractivity contribution < 1.29 is 9.59 Å². The van der Waals surface area contributed by atoms with E-state index in [4.69, 9.17) is 0 Å².